The third-order valence-corrected chi connectivity index (χ3v) is 5.43. The number of carbonyl (C=O) groups excluding carboxylic acids is 1. The molecule has 3 rings (SSSR count). The summed E-state index contributed by atoms with van der Waals surface area (Å²) in [6, 6.07) is 7.08. The van der Waals surface area contributed by atoms with Gasteiger partial charge in [-0.1, -0.05) is 12.1 Å². The van der Waals surface area contributed by atoms with Crippen molar-refractivity contribution in [2.45, 2.75) is 19.5 Å². The fourth-order valence-corrected chi connectivity index (χ4v) is 3.48. The van der Waals surface area contributed by atoms with Crippen LogP contribution in [0.4, 0.5) is 5.69 Å². The van der Waals surface area contributed by atoms with Gasteiger partial charge in [0.25, 0.3) is 17.2 Å². The molecule has 0 radical (unpaired) electrons. The van der Waals surface area contributed by atoms with E-state index in [9.17, 15) is 24.5 Å². The van der Waals surface area contributed by atoms with E-state index >= 15 is 0 Å². The molecule has 0 atom stereocenters. The topological polar surface area (TPSA) is 129 Å². The molecule has 0 aliphatic carbocycles. The summed E-state index contributed by atoms with van der Waals surface area (Å²) in [4.78, 5) is 47.1. The van der Waals surface area contributed by atoms with E-state index in [1.54, 1.807) is 24.8 Å². The first-order valence-electron chi connectivity index (χ1n) is 8.34. The van der Waals surface area contributed by atoms with Gasteiger partial charge in [-0.2, -0.15) is 16.9 Å². The number of hydrazone groups is 1. The van der Waals surface area contributed by atoms with Crippen molar-refractivity contribution >= 4 is 29.6 Å². The van der Waals surface area contributed by atoms with Gasteiger partial charge in [0, 0.05) is 41.0 Å². The summed E-state index contributed by atoms with van der Waals surface area (Å²) in [6.45, 7) is 1.23. The Bertz CT molecular complexity index is 1070. The minimum atomic E-state index is -0.653. The molecule has 146 valence electrons. The van der Waals surface area contributed by atoms with Gasteiger partial charge in [-0.05, 0) is 6.92 Å². The SMILES string of the molecule is Cc1cc(=O)n(CC(=O)NN=Cc2cccc([N+](=O)[O-])c2)c(=O)n1C1CSC1. The molecule has 0 bridgehead atoms. The van der Waals surface area contributed by atoms with Crippen molar-refractivity contribution in [2.24, 2.45) is 5.10 Å². The number of nitro benzene ring substituents is 1. The van der Waals surface area contributed by atoms with Crippen molar-refractivity contribution < 1.29 is 9.72 Å². The highest BCUT2D eigenvalue weighted by Crippen LogP contribution is 2.28. The fourth-order valence-electron chi connectivity index (χ4n) is 2.74. The standard InChI is InChI=1S/C17H17N5O5S/c1-11-5-16(24)20(17(25)21(11)14-9-28-10-14)8-15(23)19-18-7-12-3-2-4-13(6-12)22(26)27/h2-7,14H,8-10H2,1H3,(H,19,23). The van der Waals surface area contributed by atoms with Crippen molar-refractivity contribution in [3.05, 3.63) is 72.5 Å². The number of aromatic nitrogens is 2. The minimum Gasteiger partial charge on any atom is -0.293 e. The lowest BCUT2D eigenvalue weighted by Crippen LogP contribution is -2.46. The van der Waals surface area contributed by atoms with Crippen LogP contribution in [0.15, 0.2) is 45.0 Å². The Morgan fingerprint density at radius 3 is 2.79 bits per heavy atom. The first kappa shape index (κ1) is 19.5. The molecule has 1 N–H and O–H groups in total. The zero-order chi connectivity index (χ0) is 20.3. The lowest BCUT2D eigenvalue weighted by molar-refractivity contribution is -0.384. The largest absolute Gasteiger partial charge is 0.331 e. The molecular weight excluding hydrogens is 386 g/mol. The van der Waals surface area contributed by atoms with Crippen LogP contribution in [-0.2, 0) is 11.3 Å². The Balaban J connectivity index is 1.71. The second-order valence-corrected chi connectivity index (χ2v) is 7.27. The molecule has 1 saturated heterocycles. The number of rotatable bonds is 6. The van der Waals surface area contributed by atoms with Crippen LogP contribution in [-0.4, -0.2) is 37.7 Å². The second-order valence-electron chi connectivity index (χ2n) is 6.20. The Morgan fingerprint density at radius 2 is 2.14 bits per heavy atom. The molecule has 0 spiro atoms. The average molecular weight is 403 g/mol. The first-order chi connectivity index (χ1) is 13.4. The number of aryl methyl sites for hydroxylation is 1. The number of non-ortho nitro benzene ring substituents is 1. The predicted octanol–water partition coefficient (Wildman–Crippen LogP) is 0.665. The lowest BCUT2D eigenvalue weighted by atomic mass is 10.2. The summed E-state index contributed by atoms with van der Waals surface area (Å²) >= 11 is 1.71. The molecule has 1 aliphatic rings. The van der Waals surface area contributed by atoms with Crippen molar-refractivity contribution in [2.75, 3.05) is 11.5 Å². The smallest absolute Gasteiger partial charge is 0.293 e. The number of nitrogens with one attached hydrogen (secondary N) is 1. The Labute approximate surface area is 163 Å². The summed E-state index contributed by atoms with van der Waals surface area (Å²) in [5, 5.41) is 14.5. The molecule has 1 aromatic heterocycles. The summed E-state index contributed by atoms with van der Waals surface area (Å²) in [5.41, 5.74) is 2.04. The van der Waals surface area contributed by atoms with E-state index in [1.165, 1.54) is 35.0 Å². The molecule has 1 amide bonds. The van der Waals surface area contributed by atoms with E-state index in [0.29, 0.717) is 11.3 Å². The van der Waals surface area contributed by atoms with E-state index in [0.717, 1.165) is 16.1 Å². The van der Waals surface area contributed by atoms with Crippen LogP contribution in [0.2, 0.25) is 0 Å². The normalized spacial score (nSPS) is 14.0. The molecule has 28 heavy (non-hydrogen) atoms. The molecule has 2 aromatic rings. The monoisotopic (exact) mass is 403 g/mol. The number of thioether (sulfide) groups is 1. The number of hydrogen-bond donors (Lipinski definition) is 1. The summed E-state index contributed by atoms with van der Waals surface area (Å²) in [5.74, 6) is 0.927. The predicted molar refractivity (Wildman–Crippen MR) is 105 cm³/mol. The highest BCUT2D eigenvalue weighted by Gasteiger charge is 2.24. The summed E-state index contributed by atoms with van der Waals surface area (Å²) < 4.78 is 2.41. The number of amides is 1. The van der Waals surface area contributed by atoms with Gasteiger partial charge in [0.15, 0.2) is 0 Å². The molecule has 11 heteroatoms. The van der Waals surface area contributed by atoms with Crippen LogP contribution < -0.4 is 16.7 Å². The number of hydrogen-bond acceptors (Lipinski definition) is 7. The Hall–Kier alpha value is -3.21. The van der Waals surface area contributed by atoms with Gasteiger partial charge in [-0.15, -0.1) is 0 Å². The minimum absolute atomic E-state index is 0.0271. The molecule has 0 unspecified atom stereocenters. The zero-order valence-electron chi connectivity index (χ0n) is 14.9. The molecule has 10 nitrogen and oxygen atoms in total. The van der Waals surface area contributed by atoms with E-state index in [4.69, 9.17) is 0 Å². The fraction of sp³-hybridized carbons (Fsp3) is 0.294. The maximum Gasteiger partial charge on any atom is 0.331 e. The Morgan fingerprint density at radius 1 is 1.39 bits per heavy atom. The maximum absolute atomic E-state index is 12.6. The highest BCUT2D eigenvalue weighted by molar-refractivity contribution is 8.00. The van der Waals surface area contributed by atoms with Gasteiger partial charge in [-0.3, -0.25) is 28.8 Å². The third kappa shape index (κ3) is 4.19. The van der Waals surface area contributed by atoms with Gasteiger partial charge in [-0.25, -0.2) is 10.2 Å². The van der Waals surface area contributed by atoms with Gasteiger partial charge in [0.1, 0.15) is 6.54 Å². The number of nitro groups is 1. The average Bonchev–Trinajstić information content (AvgIpc) is 2.60. The third-order valence-electron chi connectivity index (χ3n) is 4.19. The van der Waals surface area contributed by atoms with Gasteiger partial charge in [0.2, 0.25) is 0 Å². The van der Waals surface area contributed by atoms with Gasteiger partial charge in [0.05, 0.1) is 17.2 Å². The van der Waals surface area contributed by atoms with Crippen molar-refractivity contribution in [1.29, 1.82) is 0 Å². The Kier molecular flexibility index (Phi) is 5.73. The van der Waals surface area contributed by atoms with E-state index in [-0.39, 0.29) is 11.7 Å². The zero-order valence-corrected chi connectivity index (χ0v) is 15.7. The number of nitrogens with zero attached hydrogens (tertiary/aromatic N) is 4. The van der Waals surface area contributed by atoms with Crippen LogP contribution in [0.25, 0.3) is 0 Å². The van der Waals surface area contributed by atoms with Gasteiger partial charge >= 0.3 is 5.69 Å². The summed E-state index contributed by atoms with van der Waals surface area (Å²) in [6.07, 6.45) is 1.24. The number of carbonyl (C=O) groups is 1. The van der Waals surface area contributed by atoms with Crippen LogP contribution in [0.1, 0.15) is 17.3 Å². The van der Waals surface area contributed by atoms with Crippen LogP contribution in [0, 0.1) is 17.0 Å². The van der Waals surface area contributed by atoms with Crippen LogP contribution >= 0.6 is 11.8 Å². The molecule has 1 aliphatic heterocycles. The lowest BCUT2D eigenvalue weighted by Gasteiger charge is -2.29. The quantitative estimate of drug-likeness (QED) is 0.429. The van der Waals surface area contributed by atoms with E-state index < -0.39 is 28.6 Å². The molecule has 1 fully saturated rings. The van der Waals surface area contributed by atoms with Crippen molar-refractivity contribution in [3.63, 3.8) is 0 Å². The van der Waals surface area contributed by atoms with Crippen LogP contribution in [0.5, 0.6) is 0 Å². The molecular formula is C17H17N5O5S. The van der Waals surface area contributed by atoms with E-state index in [2.05, 4.69) is 10.5 Å². The van der Waals surface area contributed by atoms with Crippen molar-refractivity contribution in [1.82, 2.24) is 14.6 Å². The maximum atomic E-state index is 12.6. The number of benzene rings is 1. The molecule has 2 heterocycles. The molecule has 1 aromatic carbocycles. The van der Waals surface area contributed by atoms with Crippen molar-refractivity contribution in [3.8, 4) is 0 Å². The molecule has 0 saturated carbocycles. The first-order valence-corrected chi connectivity index (χ1v) is 9.49. The highest BCUT2D eigenvalue weighted by atomic mass is 32.2. The van der Waals surface area contributed by atoms with Crippen LogP contribution in [0.3, 0.4) is 0 Å². The second kappa shape index (κ2) is 8.21. The summed E-state index contributed by atoms with van der Waals surface area (Å²) in [7, 11) is 0. The van der Waals surface area contributed by atoms with E-state index in [1.807, 2.05) is 0 Å². The van der Waals surface area contributed by atoms with Gasteiger partial charge < -0.3 is 0 Å².